The molecule has 7 nitrogen and oxygen atoms in total. The second-order valence-corrected chi connectivity index (χ2v) is 10.4. The smallest absolute Gasteiger partial charge is 0.261 e. The second-order valence-electron chi connectivity index (χ2n) is 8.74. The Kier molecular flexibility index (Phi) is 7.73. The van der Waals surface area contributed by atoms with E-state index < -0.39 is 10.0 Å². The third kappa shape index (κ3) is 6.21. The van der Waals surface area contributed by atoms with Gasteiger partial charge < -0.3 is 10.1 Å². The summed E-state index contributed by atoms with van der Waals surface area (Å²) in [5.41, 5.74) is 2.91. The Morgan fingerprint density at radius 2 is 1.69 bits per heavy atom. The SMILES string of the molecule is COc1ccc(C(CNC(=O)c2cccc(S(=O)(=O)Nc3ccc(C)cc3)c2)N2CCCC2)cc1. The van der Waals surface area contributed by atoms with E-state index in [1.807, 2.05) is 43.3 Å². The summed E-state index contributed by atoms with van der Waals surface area (Å²) in [6.45, 7) is 4.31. The van der Waals surface area contributed by atoms with E-state index in [1.165, 1.54) is 12.1 Å². The minimum Gasteiger partial charge on any atom is -0.497 e. The number of hydrogen-bond acceptors (Lipinski definition) is 5. The number of nitrogens with one attached hydrogen (secondary N) is 2. The van der Waals surface area contributed by atoms with Crippen LogP contribution >= 0.6 is 0 Å². The van der Waals surface area contributed by atoms with Crippen LogP contribution in [0.1, 0.15) is 40.4 Å². The van der Waals surface area contributed by atoms with Gasteiger partial charge >= 0.3 is 0 Å². The molecule has 0 aliphatic carbocycles. The molecular weight excluding hydrogens is 462 g/mol. The minimum atomic E-state index is -3.83. The van der Waals surface area contributed by atoms with Crippen LogP contribution in [0.2, 0.25) is 0 Å². The molecule has 0 radical (unpaired) electrons. The molecule has 1 saturated heterocycles. The summed E-state index contributed by atoms with van der Waals surface area (Å²) < 4.78 is 33.6. The first kappa shape index (κ1) is 24.8. The molecule has 1 fully saturated rings. The van der Waals surface area contributed by atoms with Gasteiger partial charge in [0.2, 0.25) is 0 Å². The van der Waals surface area contributed by atoms with E-state index in [0.717, 1.165) is 42.8 Å². The Morgan fingerprint density at radius 3 is 2.34 bits per heavy atom. The van der Waals surface area contributed by atoms with Crippen molar-refractivity contribution in [2.75, 3.05) is 31.5 Å². The van der Waals surface area contributed by atoms with Crippen LogP contribution in [0.4, 0.5) is 5.69 Å². The summed E-state index contributed by atoms with van der Waals surface area (Å²) in [5, 5.41) is 3.01. The summed E-state index contributed by atoms with van der Waals surface area (Å²) in [7, 11) is -2.19. The highest BCUT2D eigenvalue weighted by Gasteiger charge is 2.24. The molecule has 1 atom stereocenters. The molecule has 3 aromatic carbocycles. The van der Waals surface area contributed by atoms with Gasteiger partial charge in [-0.3, -0.25) is 14.4 Å². The van der Waals surface area contributed by atoms with E-state index in [-0.39, 0.29) is 16.8 Å². The van der Waals surface area contributed by atoms with E-state index in [4.69, 9.17) is 4.74 Å². The number of benzene rings is 3. The van der Waals surface area contributed by atoms with Crippen molar-refractivity contribution in [2.45, 2.75) is 30.7 Å². The zero-order chi connectivity index (χ0) is 24.8. The normalized spacial score (nSPS) is 14.9. The highest BCUT2D eigenvalue weighted by Crippen LogP contribution is 2.26. The number of amides is 1. The highest BCUT2D eigenvalue weighted by molar-refractivity contribution is 7.92. The quantitative estimate of drug-likeness (QED) is 0.462. The number of hydrogen-bond donors (Lipinski definition) is 2. The van der Waals surface area contributed by atoms with Gasteiger partial charge in [0, 0.05) is 17.8 Å². The molecule has 35 heavy (non-hydrogen) atoms. The highest BCUT2D eigenvalue weighted by atomic mass is 32.2. The molecule has 0 aromatic heterocycles. The predicted octanol–water partition coefficient (Wildman–Crippen LogP) is 4.37. The summed E-state index contributed by atoms with van der Waals surface area (Å²) in [5.74, 6) is 0.477. The lowest BCUT2D eigenvalue weighted by Crippen LogP contribution is -2.36. The molecule has 1 aliphatic rings. The summed E-state index contributed by atoms with van der Waals surface area (Å²) in [4.78, 5) is 15.4. The molecular formula is C27H31N3O4S. The molecule has 8 heteroatoms. The number of rotatable bonds is 9. The van der Waals surface area contributed by atoms with Gasteiger partial charge in [0.05, 0.1) is 18.0 Å². The van der Waals surface area contributed by atoms with Gasteiger partial charge in [-0.05, 0) is 80.9 Å². The molecule has 0 saturated carbocycles. The maximum absolute atomic E-state index is 13.0. The summed E-state index contributed by atoms with van der Waals surface area (Å²) in [6, 6.07) is 21.1. The van der Waals surface area contributed by atoms with Crippen molar-refractivity contribution in [1.82, 2.24) is 10.2 Å². The third-order valence-corrected chi connectivity index (χ3v) is 7.63. The van der Waals surface area contributed by atoms with Crippen LogP contribution in [-0.4, -0.2) is 46.0 Å². The van der Waals surface area contributed by atoms with Gasteiger partial charge in [0.25, 0.3) is 15.9 Å². The zero-order valence-corrected chi connectivity index (χ0v) is 20.8. The topological polar surface area (TPSA) is 87.7 Å². The fourth-order valence-corrected chi connectivity index (χ4v) is 5.37. The molecule has 1 unspecified atom stereocenters. The van der Waals surface area contributed by atoms with Gasteiger partial charge in [-0.15, -0.1) is 0 Å². The number of likely N-dealkylation sites (tertiary alicyclic amines) is 1. The molecule has 1 amide bonds. The lowest BCUT2D eigenvalue weighted by molar-refractivity contribution is 0.0937. The van der Waals surface area contributed by atoms with E-state index >= 15 is 0 Å². The molecule has 0 spiro atoms. The van der Waals surface area contributed by atoms with Gasteiger partial charge in [-0.1, -0.05) is 35.9 Å². The standard InChI is InChI=1S/C27H31N3O4S/c1-20-8-12-23(13-9-20)29-35(32,33)25-7-5-6-22(18-25)27(31)28-19-26(30-16-3-4-17-30)21-10-14-24(34-2)15-11-21/h5-15,18,26,29H,3-4,16-17,19H2,1-2H3,(H,28,31). The largest absolute Gasteiger partial charge is 0.497 e. The van der Waals surface area contributed by atoms with Crippen LogP contribution < -0.4 is 14.8 Å². The molecule has 1 heterocycles. The van der Waals surface area contributed by atoms with Gasteiger partial charge in [0.1, 0.15) is 5.75 Å². The summed E-state index contributed by atoms with van der Waals surface area (Å²) in [6.07, 6.45) is 2.27. The van der Waals surface area contributed by atoms with Crippen molar-refractivity contribution in [2.24, 2.45) is 0 Å². The predicted molar refractivity (Wildman–Crippen MR) is 137 cm³/mol. The van der Waals surface area contributed by atoms with E-state index in [2.05, 4.69) is 14.9 Å². The van der Waals surface area contributed by atoms with Crippen LogP contribution in [0.15, 0.2) is 77.7 Å². The van der Waals surface area contributed by atoms with Gasteiger partial charge in [0.15, 0.2) is 0 Å². The van der Waals surface area contributed by atoms with Crippen LogP contribution in [0.25, 0.3) is 0 Å². The lowest BCUT2D eigenvalue weighted by atomic mass is 10.0. The van der Waals surface area contributed by atoms with E-state index in [9.17, 15) is 13.2 Å². The number of nitrogens with zero attached hydrogens (tertiary/aromatic N) is 1. The van der Waals surface area contributed by atoms with Crippen molar-refractivity contribution in [3.8, 4) is 5.75 Å². The van der Waals surface area contributed by atoms with Crippen LogP contribution in [-0.2, 0) is 10.0 Å². The molecule has 4 rings (SSSR count). The number of methoxy groups -OCH3 is 1. The first-order valence-corrected chi connectivity index (χ1v) is 13.2. The molecule has 184 valence electrons. The number of anilines is 1. The van der Waals surface area contributed by atoms with Crippen molar-refractivity contribution in [1.29, 1.82) is 0 Å². The van der Waals surface area contributed by atoms with E-state index in [1.54, 1.807) is 31.4 Å². The van der Waals surface area contributed by atoms with E-state index in [0.29, 0.717) is 17.8 Å². The van der Waals surface area contributed by atoms with Gasteiger partial charge in [-0.25, -0.2) is 8.42 Å². The fourth-order valence-electron chi connectivity index (χ4n) is 4.27. The Morgan fingerprint density at radius 1 is 1.00 bits per heavy atom. The number of carbonyl (C=O) groups excluding carboxylic acids is 1. The van der Waals surface area contributed by atoms with Gasteiger partial charge in [-0.2, -0.15) is 0 Å². The van der Waals surface area contributed by atoms with Crippen molar-refractivity contribution in [3.63, 3.8) is 0 Å². The first-order chi connectivity index (χ1) is 16.9. The Balaban J connectivity index is 1.47. The minimum absolute atomic E-state index is 0.0301. The molecule has 1 aliphatic heterocycles. The Bertz CT molecular complexity index is 1250. The number of carbonyl (C=O) groups is 1. The van der Waals surface area contributed by atoms with Crippen LogP contribution in [0, 0.1) is 6.92 Å². The maximum atomic E-state index is 13.0. The van der Waals surface area contributed by atoms with Crippen molar-refractivity contribution in [3.05, 3.63) is 89.5 Å². The average molecular weight is 494 g/mol. The van der Waals surface area contributed by atoms with Crippen LogP contribution in [0.3, 0.4) is 0 Å². The number of sulfonamides is 1. The fraction of sp³-hybridized carbons (Fsp3) is 0.296. The second kappa shape index (κ2) is 10.9. The lowest BCUT2D eigenvalue weighted by Gasteiger charge is -2.28. The van der Waals surface area contributed by atoms with Crippen LogP contribution in [0.5, 0.6) is 5.75 Å². The molecule has 3 aromatic rings. The molecule has 0 bridgehead atoms. The Labute approximate surface area is 207 Å². The van der Waals surface area contributed by atoms with Crippen molar-refractivity contribution >= 4 is 21.6 Å². The summed E-state index contributed by atoms with van der Waals surface area (Å²) >= 11 is 0. The average Bonchev–Trinajstić information content (AvgIpc) is 3.40. The number of ether oxygens (including phenoxy) is 1. The Hall–Kier alpha value is -3.36. The monoisotopic (exact) mass is 493 g/mol. The first-order valence-electron chi connectivity index (χ1n) is 11.7. The maximum Gasteiger partial charge on any atom is 0.261 e. The third-order valence-electron chi connectivity index (χ3n) is 6.25. The zero-order valence-electron chi connectivity index (χ0n) is 20.0. The molecule has 2 N–H and O–H groups in total. The number of aryl methyl sites for hydroxylation is 1. The van der Waals surface area contributed by atoms with Crippen molar-refractivity contribution < 1.29 is 17.9 Å².